The summed E-state index contributed by atoms with van der Waals surface area (Å²) < 4.78 is 45.0. The first-order valence-corrected chi connectivity index (χ1v) is 13.3. The average Bonchev–Trinajstić information content (AvgIpc) is 2.89. The van der Waals surface area contributed by atoms with Gasteiger partial charge in [-0.1, -0.05) is 29.3 Å². The molecule has 2 atom stereocenters. The van der Waals surface area contributed by atoms with E-state index in [-0.39, 0.29) is 22.1 Å². The van der Waals surface area contributed by atoms with Gasteiger partial charge in [0.2, 0.25) is 12.1 Å². The third-order valence-corrected chi connectivity index (χ3v) is 7.00. The Balaban J connectivity index is 1.52. The first kappa shape index (κ1) is 30.8. The number of carbonyl (C=O) groups excluding carboxylic acids is 1. The Morgan fingerprint density at radius 1 is 1.12 bits per heavy atom. The molecular formula is C28H28Cl2F3N5O3. The molecule has 0 radical (unpaired) electrons. The van der Waals surface area contributed by atoms with Crippen molar-refractivity contribution in [1.29, 1.82) is 0 Å². The molecule has 2 unspecified atom stereocenters. The molecule has 41 heavy (non-hydrogen) atoms. The van der Waals surface area contributed by atoms with Crippen molar-refractivity contribution in [3.8, 4) is 0 Å². The standard InChI is InChI=1S/C28H28Cl2F3N5O3/c1-37(2)11-10-34-24-9-5-17-14-23(38(40)27(41-3)26(17)36-24)19-7-6-18(15-22(19)30)35-25(39)13-16-4-8-21(29)20(12-16)28(31,32)33/h4-9,12,14-15,27,38H,10-11,13H2,1-3H3,(H,34,36)(H,35,39). The van der Waals surface area contributed by atoms with Gasteiger partial charge in [-0.15, -0.1) is 0 Å². The minimum Gasteiger partial charge on any atom is -0.627 e. The number of quaternary nitrogens is 1. The van der Waals surface area contributed by atoms with Crippen LogP contribution in [0.2, 0.25) is 10.0 Å². The van der Waals surface area contributed by atoms with Gasteiger partial charge in [-0.25, -0.2) is 4.98 Å². The highest BCUT2D eigenvalue weighted by Crippen LogP contribution is 2.35. The quantitative estimate of drug-likeness (QED) is 0.292. The van der Waals surface area contributed by atoms with Gasteiger partial charge in [0.25, 0.3) is 0 Å². The number of hydrogen-bond acceptors (Lipinski definition) is 6. The fourth-order valence-corrected chi connectivity index (χ4v) is 4.85. The van der Waals surface area contributed by atoms with E-state index in [1.165, 1.54) is 19.2 Å². The zero-order chi connectivity index (χ0) is 29.9. The summed E-state index contributed by atoms with van der Waals surface area (Å²) in [4.78, 5) is 19.2. The average molecular weight is 610 g/mol. The second-order valence-electron chi connectivity index (χ2n) is 9.67. The Hall–Kier alpha value is -3.19. The van der Waals surface area contributed by atoms with Gasteiger partial charge >= 0.3 is 6.18 Å². The largest absolute Gasteiger partial charge is 0.627 e. The van der Waals surface area contributed by atoms with Crippen LogP contribution in [0.3, 0.4) is 0 Å². The molecule has 1 aliphatic heterocycles. The number of pyridine rings is 1. The highest BCUT2D eigenvalue weighted by Gasteiger charge is 2.34. The second-order valence-corrected chi connectivity index (χ2v) is 10.5. The second kappa shape index (κ2) is 12.8. The lowest BCUT2D eigenvalue weighted by atomic mass is 10.0. The van der Waals surface area contributed by atoms with Crippen LogP contribution in [0.1, 0.15) is 34.2 Å². The number of hydrogen-bond donors (Lipinski definition) is 3. The summed E-state index contributed by atoms with van der Waals surface area (Å²) in [5.74, 6) is 0.0790. The summed E-state index contributed by atoms with van der Waals surface area (Å²) >= 11 is 12.2. The molecular weight excluding hydrogens is 582 g/mol. The molecule has 2 aromatic carbocycles. The van der Waals surface area contributed by atoms with Gasteiger partial charge in [0, 0.05) is 37.5 Å². The summed E-state index contributed by atoms with van der Waals surface area (Å²) in [6.07, 6.45) is -4.19. The molecule has 0 saturated heterocycles. The van der Waals surface area contributed by atoms with E-state index in [1.54, 1.807) is 18.2 Å². The molecule has 13 heteroatoms. The van der Waals surface area contributed by atoms with Crippen LogP contribution < -0.4 is 15.7 Å². The van der Waals surface area contributed by atoms with E-state index in [2.05, 4.69) is 15.6 Å². The zero-order valence-corrected chi connectivity index (χ0v) is 23.9. The van der Waals surface area contributed by atoms with E-state index in [9.17, 15) is 23.2 Å². The predicted octanol–water partition coefficient (Wildman–Crippen LogP) is 5.10. The fourth-order valence-electron chi connectivity index (χ4n) is 4.35. The van der Waals surface area contributed by atoms with Crippen LogP contribution >= 0.6 is 23.2 Å². The number of aromatic nitrogens is 1. The van der Waals surface area contributed by atoms with Crippen LogP contribution in [0, 0.1) is 5.21 Å². The van der Waals surface area contributed by atoms with E-state index in [0.29, 0.717) is 40.6 Å². The number of fused-ring (bicyclic) bond motifs is 1. The molecule has 0 aliphatic carbocycles. The monoisotopic (exact) mass is 609 g/mol. The highest BCUT2D eigenvalue weighted by molar-refractivity contribution is 6.32. The molecule has 1 amide bonds. The lowest BCUT2D eigenvalue weighted by Crippen LogP contribution is -3.05. The molecule has 218 valence electrons. The van der Waals surface area contributed by atoms with Crippen molar-refractivity contribution >= 4 is 52.4 Å². The normalized spacial score (nSPS) is 16.8. The minimum absolute atomic E-state index is 0.147. The molecule has 0 bridgehead atoms. The number of rotatable bonds is 9. The summed E-state index contributed by atoms with van der Waals surface area (Å²) in [6.45, 7) is 1.49. The van der Waals surface area contributed by atoms with Crippen molar-refractivity contribution in [2.75, 3.05) is 44.9 Å². The first-order valence-electron chi connectivity index (χ1n) is 12.5. The van der Waals surface area contributed by atoms with Gasteiger partial charge in [-0.2, -0.15) is 13.2 Å². The number of nitrogens with zero attached hydrogens (tertiary/aromatic N) is 2. The Morgan fingerprint density at radius 2 is 1.88 bits per heavy atom. The third kappa shape index (κ3) is 7.37. The molecule has 2 heterocycles. The van der Waals surface area contributed by atoms with Gasteiger partial charge in [0.1, 0.15) is 17.2 Å². The van der Waals surface area contributed by atoms with E-state index in [0.717, 1.165) is 18.7 Å². The van der Waals surface area contributed by atoms with Crippen molar-refractivity contribution in [3.05, 3.63) is 91.7 Å². The van der Waals surface area contributed by atoms with Crippen molar-refractivity contribution in [1.82, 2.24) is 9.88 Å². The minimum atomic E-state index is -4.64. The maximum absolute atomic E-state index is 13.4. The Labute approximate surface area is 245 Å². The third-order valence-electron chi connectivity index (χ3n) is 6.35. The number of ether oxygens (including phenoxy) is 1. The van der Waals surface area contributed by atoms with Crippen LogP contribution in [0.4, 0.5) is 24.7 Å². The molecule has 1 aromatic heterocycles. The summed E-state index contributed by atoms with van der Waals surface area (Å²) in [7, 11) is 5.37. The van der Waals surface area contributed by atoms with Crippen LogP contribution in [-0.4, -0.2) is 50.1 Å². The van der Waals surface area contributed by atoms with Crippen LogP contribution in [0.5, 0.6) is 0 Å². The maximum Gasteiger partial charge on any atom is 0.417 e. The lowest BCUT2D eigenvalue weighted by molar-refractivity contribution is -0.838. The predicted molar refractivity (Wildman–Crippen MR) is 153 cm³/mol. The number of methoxy groups -OCH3 is 1. The number of carbonyl (C=O) groups is 1. The summed E-state index contributed by atoms with van der Waals surface area (Å²) in [5.41, 5.74) is 1.41. The Bertz CT molecular complexity index is 1470. The molecule has 0 fully saturated rings. The van der Waals surface area contributed by atoms with Gasteiger partial charge in [-0.05, 0) is 62.1 Å². The van der Waals surface area contributed by atoms with Crippen LogP contribution in [0.25, 0.3) is 11.8 Å². The fraction of sp³-hybridized carbons (Fsp3) is 0.286. The molecule has 3 aromatic rings. The van der Waals surface area contributed by atoms with Crippen molar-refractivity contribution < 1.29 is 27.8 Å². The number of alkyl halides is 3. The smallest absolute Gasteiger partial charge is 0.417 e. The van der Waals surface area contributed by atoms with Gasteiger partial charge < -0.3 is 30.5 Å². The van der Waals surface area contributed by atoms with E-state index < -0.39 is 28.9 Å². The van der Waals surface area contributed by atoms with E-state index in [1.807, 2.05) is 31.1 Å². The summed E-state index contributed by atoms with van der Waals surface area (Å²) in [6, 6.07) is 11.6. The SMILES string of the molecule is COC1c2nc(NCCN(C)C)ccc2C=C(c2ccc(NC(=O)Cc3ccc(Cl)c(C(F)(F)F)c3)cc2Cl)[NH+]1[O-]. The molecule has 0 spiro atoms. The zero-order valence-electron chi connectivity index (χ0n) is 22.4. The van der Waals surface area contributed by atoms with Crippen LogP contribution in [0.15, 0.2) is 48.5 Å². The Kier molecular flexibility index (Phi) is 9.58. The van der Waals surface area contributed by atoms with Crippen LogP contribution in [-0.2, 0) is 22.1 Å². The number of benzene rings is 2. The maximum atomic E-state index is 13.4. The van der Waals surface area contributed by atoms with Crippen molar-refractivity contribution in [2.45, 2.75) is 18.8 Å². The number of halogens is 5. The molecule has 4 rings (SSSR count). The lowest BCUT2D eigenvalue weighted by Gasteiger charge is -2.35. The molecule has 3 N–H and O–H groups in total. The number of anilines is 2. The number of likely N-dealkylation sites (N-methyl/N-ethyl adjacent to an activating group) is 1. The van der Waals surface area contributed by atoms with Gasteiger partial charge in [0.15, 0.2) is 0 Å². The number of nitrogens with one attached hydrogen (secondary N) is 3. The van der Waals surface area contributed by atoms with Gasteiger partial charge in [-0.3, -0.25) is 4.79 Å². The van der Waals surface area contributed by atoms with E-state index >= 15 is 0 Å². The van der Waals surface area contributed by atoms with Gasteiger partial charge in [0.05, 0.1) is 27.6 Å². The number of amides is 1. The molecule has 1 aliphatic rings. The van der Waals surface area contributed by atoms with Crippen molar-refractivity contribution in [3.63, 3.8) is 0 Å². The Morgan fingerprint density at radius 3 is 2.54 bits per heavy atom. The number of hydroxylamine groups is 2. The topological polar surface area (TPSA) is 94.0 Å². The van der Waals surface area contributed by atoms with Crippen molar-refractivity contribution in [2.24, 2.45) is 0 Å². The first-order chi connectivity index (χ1) is 19.4. The molecule has 8 nitrogen and oxygen atoms in total. The van der Waals surface area contributed by atoms with E-state index in [4.69, 9.17) is 27.9 Å². The highest BCUT2D eigenvalue weighted by atomic mass is 35.5. The summed E-state index contributed by atoms with van der Waals surface area (Å²) in [5, 5.41) is 18.7. The molecule has 0 saturated carbocycles.